The molecule has 0 radical (unpaired) electrons. The Labute approximate surface area is 96.2 Å². The smallest absolute Gasteiger partial charge is 0.346 e. The number of hydrogen-bond acceptors (Lipinski definition) is 2. The van der Waals surface area contributed by atoms with Crippen molar-refractivity contribution in [3.8, 4) is 0 Å². The van der Waals surface area contributed by atoms with Crippen LogP contribution in [0.15, 0.2) is 17.6 Å². The zero-order valence-corrected chi connectivity index (χ0v) is 9.78. The molecule has 4 heteroatoms. The van der Waals surface area contributed by atoms with Crippen molar-refractivity contribution in [1.82, 2.24) is 4.90 Å². The van der Waals surface area contributed by atoms with Gasteiger partial charge in [-0.15, -0.1) is 6.58 Å². The largest absolute Gasteiger partial charge is 0.385 e. The molecule has 1 saturated carbocycles. The van der Waals surface area contributed by atoms with Crippen LogP contribution in [0.2, 0.25) is 0 Å². The van der Waals surface area contributed by atoms with E-state index in [1.54, 1.807) is 11.0 Å². The van der Waals surface area contributed by atoms with Gasteiger partial charge in [-0.3, -0.25) is 0 Å². The normalized spacial score (nSPS) is 30.2. The molecule has 2 aliphatic rings. The zero-order valence-electron chi connectivity index (χ0n) is 9.78. The lowest BCUT2D eigenvalue weighted by Crippen LogP contribution is -2.53. The van der Waals surface area contributed by atoms with Gasteiger partial charge >= 0.3 is 6.03 Å². The third-order valence-corrected chi connectivity index (χ3v) is 3.82. The van der Waals surface area contributed by atoms with Crippen LogP contribution in [0.5, 0.6) is 0 Å². The van der Waals surface area contributed by atoms with Crippen molar-refractivity contribution < 1.29 is 4.79 Å². The molecule has 0 saturated heterocycles. The molecule has 0 aromatic heterocycles. The van der Waals surface area contributed by atoms with Crippen LogP contribution in [0.25, 0.3) is 0 Å². The maximum absolute atomic E-state index is 11.7. The van der Waals surface area contributed by atoms with Crippen LogP contribution in [0.3, 0.4) is 0 Å². The van der Waals surface area contributed by atoms with Crippen molar-refractivity contribution >= 4 is 11.9 Å². The van der Waals surface area contributed by atoms with E-state index in [4.69, 9.17) is 5.73 Å². The van der Waals surface area contributed by atoms with Crippen LogP contribution < -0.4 is 5.73 Å². The summed E-state index contributed by atoms with van der Waals surface area (Å²) in [6.45, 7) is 6.21. The number of aliphatic imine (C=N–C) groups is 1. The molecule has 1 aliphatic heterocycles. The molecule has 1 fully saturated rings. The molecule has 1 unspecified atom stereocenters. The number of carbonyl (C=O) groups is 1. The fraction of sp³-hybridized carbons (Fsp3) is 0.667. The molecule has 1 heterocycles. The van der Waals surface area contributed by atoms with Gasteiger partial charge in [0.1, 0.15) is 5.84 Å². The summed E-state index contributed by atoms with van der Waals surface area (Å²) in [6, 6.07) is -0.223. The maximum Gasteiger partial charge on any atom is 0.346 e. The third kappa shape index (κ3) is 1.62. The number of carbonyl (C=O) groups excluding carboxylic acids is 1. The standard InChI is InChI=1S/C12H19N3O/c1-3-7-15-11(16)14-10(13)12(15,2)8-9-5-4-6-9/h3,9H,1,4-8H2,2H3,(H2,13,14,16). The lowest BCUT2D eigenvalue weighted by Gasteiger charge is -2.39. The van der Waals surface area contributed by atoms with Gasteiger partial charge in [-0.05, 0) is 19.3 Å². The van der Waals surface area contributed by atoms with Gasteiger partial charge in [0.05, 0.1) is 5.54 Å². The molecule has 0 aromatic carbocycles. The van der Waals surface area contributed by atoms with Crippen molar-refractivity contribution in [2.75, 3.05) is 6.54 Å². The summed E-state index contributed by atoms with van der Waals surface area (Å²) in [4.78, 5) is 17.3. The van der Waals surface area contributed by atoms with Gasteiger partial charge in [0.15, 0.2) is 0 Å². The van der Waals surface area contributed by atoms with E-state index < -0.39 is 5.54 Å². The highest BCUT2D eigenvalue weighted by molar-refractivity contribution is 6.05. The molecule has 2 rings (SSSR count). The van der Waals surface area contributed by atoms with Gasteiger partial charge < -0.3 is 10.6 Å². The Morgan fingerprint density at radius 2 is 2.38 bits per heavy atom. The summed E-state index contributed by atoms with van der Waals surface area (Å²) in [5.41, 5.74) is 5.51. The number of nitrogens with two attached hydrogens (primary N) is 1. The number of hydrogen-bond donors (Lipinski definition) is 1. The van der Waals surface area contributed by atoms with Crippen LogP contribution in [-0.4, -0.2) is 28.9 Å². The summed E-state index contributed by atoms with van der Waals surface area (Å²) < 4.78 is 0. The predicted octanol–water partition coefficient (Wildman–Crippen LogP) is 1.91. The van der Waals surface area contributed by atoms with Gasteiger partial charge in [-0.2, -0.15) is 4.99 Å². The quantitative estimate of drug-likeness (QED) is 0.737. The van der Waals surface area contributed by atoms with Gasteiger partial charge in [0.2, 0.25) is 0 Å². The Balaban J connectivity index is 2.16. The lowest BCUT2D eigenvalue weighted by atomic mass is 9.76. The first-order chi connectivity index (χ1) is 7.58. The average molecular weight is 221 g/mol. The second-order valence-electron chi connectivity index (χ2n) is 4.95. The summed E-state index contributed by atoms with van der Waals surface area (Å²) >= 11 is 0. The van der Waals surface area contributed by atoms with Crippen LogP contribution in [0.1, 0.15) is 32.6 Å². The Kier molecular flexibility index (Phi) is 2.74. The second kappa shape index (κ2) is 3.92. The van der Waals surface area contributed by atoms with Gasteiger partial charge in [0, 0.05) is 6.54 Å². The van der Waals surface area contributed by atoms with Gasteiger partial charge in [-0.25, -0.2) is 4.79 Å². The topological polar surface area (TPSA) is 58.7 Å². The first-order valence-electron chi connectivity index (χ1n) is 5.85. The second-order valence-corrected chi connectivity index (χ2v) is 4.95. The number of rotatable bonds is 4. The molecule has 0 spiro atoms. The maximum atomic E-state index is 11.7. The summed E-state index contributed by atoms with van der Waals surface area (Å²) in [5.74, 6) is 1.16. The Morgan fingerprint density at radius 1 is 1.69 bits per heavy atom. The van der Waals surface area contributed by atoms with Crippen LogP contribution in [0.4, 0.5) is 4.79 Å². The minimum atomic E-state index is -0.393. The highest BCUT2D eigenvalue weighted by Gasteiger charge is 2.45. The Hall–Kier alpha value is -1.32. The summed E-state index contributed by atoms with van der Waals surface area (Å²) in [5, 5.41) is 0. The summed E-state index contributed by atoms with van der Waals surface area (Å²) in [6.07, 6.45) is 6.46. The van der Waals surface area contributed by atoms with Crippen molar-refractivity contribution in [2.45, 2.75) is 38.1 Å². The first-order valence-corrected chi connectivity index (χ1v) is 5.85. The van der Waals surface area contributed by atoms with Crippen molar-refractivity contribution in [2.24, 2.45) is 16.6 Å². The van der Waals surface area contributed by atoms with Crippen molar-refractivity contribution in [1.29, 1.82) is 0 Å². The van der Waals surface area contributed by atoms with E-state index in [-0.39, 0.29) is 6.03 Å². The minimum Gasteiger partial charge on any atom is -0.385 e. The third-order valence-electron chi connectivity index (χ3n) is 3.82. The van der Waals surface area contributed by atoms with Gasteiger partial charge in [0.25, 0.3) is 0 Å². The monoisotopic (exact) mass is 221 g/mol. The fourth-order valence-electron chi connectivity index (χ4n) is 2.52. The summed E-state index contributed by atoms with van der Waals surface area (Å²) in [7, 11) is 0. The SMILES string of the molecule is C=CCN1C(=O)N=C(N)C1(C)CC1CCC1. The molecule has 1 atom stereocenters. The van der Waals surface area contributed by atoms with E-state index >= 15 is 0 Å². The van der Waals surface area contributed by atoms with E-state index in [9.17, 15) is 4.79 Å². The van der Waals surface area contributed by atoms with Crippen LogP contribution in [-0.2, 0) is 0 Å². The van der Waals surface area contributed by atoms with E-state index in [2.05, 4.69) is 11.6 Å². The molecular weight excluding hydrogens is 202 g/mol. The van der Waals surface area contributed by atoms with E-state index in [0.717, 1.165) is 6.42 Å². The Morgan fingerprint density at radius 3 is 2.88 bits per heavy atom. The van der Waals surface area contributed by atoms with E-state index in [0.29, 0.717) is 18.3 Å². The molecule has 4 nitrogen and oxygen atoms in total. The molecular formula is C12H19N3O. The molecule has 0 aromatic rings. The first kappa shape index (κ1) is 11.2. The molecule has 2 amide bonds. The number of amides is 2. The van der Waals surface area contributed by atoms with E-state index in [1.807, 2.05) is 6.92 Å². The molecule has 0 bridgehead atoms. The van der Waals surface area contributed by atoms with E-state index in [1.165, 1.54) is 19.3 Å². The highest BCUT2D eigenvalue weighted by atomic mass is 16.2. The van der Waals surface area contributed by atoms with Crippen LogP contribution in [0, 0.1) is 5.92 Å². The van der Waals surface area contributed by atoms with Crippen LogP contribution >= 0.6 is 0 Å². The molecule has 88 valence electrons. The zero-order chi connectivity index (χ0) is 11.8. The molecule has 1 aliphatic carbocycles. The fourth-order valence-corrected chi connectivity index (χ4v) is 2.52. The van der Waals surface area contributed by atoms with Gasteiger partial charge in [-0.1, -0.05) is 25.3 Å². The van der Waals surface area contributed by atoms with Crippen molar-refractivity contribution in [3.05, 3.63) is 12.7 Å². The molecule has 2 N–H and O–H groups in total. The number of nitrogens with zero attached hydrogens (tertiary/aromatic N) is 2. The lowest BCUT2D eigenvalue weighted by molar-refractivity contribution is 0.152. The number of amidine groups is 1. The highest BCUT2D eigenvalue weighted by Crippen LogP contribution is 2.38. The number of urea groups is 1. The molecule has 16 heavy (non-hydrogen) atoms. The van der Waals surface area contributed by atoms with Crippen molar-refractivity contribution in [3.63, 3.8) is 0 Å². The predicted molar refractivity (Wildman–Crippen MR) is 64.3 cm³/mol. The Bertz CT molecular complexity index is 346. The average Bonchev–Trinajstić information content (AvgIpc) is 2.37. The minimum absolute atomic E-state index is 0.223.